The maximum absolute atomic E-state index is 14.4. The van der Waals surface area contributed by atoms with E-state index in [9.17, 15) is 22.0 Å². The first-order chi connectivity index (χ1) is 18.1. The Morgan fingerprint density at radius 1 is 0.895 bits per heavy atom. The molecule has 0 atom stereocenters. The number of halogens is 2. The molecule has 0 aliphatic heterocycles. The number of benzene rings is 3. The molecule has 3 aromatic carbocycles. The third-order valence-corrected chi connectivity index (χ3v) is 7.57. The zero-order valence-corrected chi connectivity index (χ0v) is 21.8. The Kier molecular flexibility index (Phi) is 7.82. The standard InChI is InChI=1S/C28H26F2N2O5S/c1-4-36-27-16-28(33)31(2)17-23(27)22-15-21(32(3)38(34,35)18-19-8-6-5-7-9-19)11-13-25(22)37-26-12-10-20(29)14-24(26)30/h5-17H,4,18H2,1-3H3. The Hall–Kier alpha value is -4.18. The van der Waals surface area contributed by atoms with Crippen LogP contribution in [0.1, 0.15) is 12.5 Å². The smallest absolute Gasteiger partial charge is 0.254 e. The second kappa shape index (κ2) is 11.1. The van der Waals surface area contributed by atoms with E-state index < -0.39 is 21.7 Å². The Morgan fingerprint density at radius 3 is 2.29 bits per heavy atom. The van der Waals surface area contributed by atoms with Gasteiger partial charge in [-0.3, -0.25) is 9.10 Å². The third-order valence-electron chi connectivity index (χ3n) is 5.83. The van der Waals surface area contributed by atoms with Gasteiger partial charge in [0.05, 0.1) is 18.0 Å². The zero-order valence-electron chi connectivity index (χ0n) is 21.0. The van der Waals surface area contributed by atoms with E-state index in [0.29, 0.717) is 28.4 Å². The SMILES string of the molecule is CCOc1cc(=O)n(C)cc1-c1cc(N(C)S(=O)(=O)Cc2ccccc2)ccc1Oc1ccc(F)cc1F. The van der Waals surface area contributed by atoms with E-state index in [-0.39, 0.29) is 35.2 Å². The number of rotatable bonds is 9. The second-order valence-electron chi connectivity index (χ2n) is 8.50. The highest BCUT2D eigenvalue weighted by atomic mass is 32.2. The summed E-state index contributed by atoms with van der Waals surface area (Å²) in [5.74, 6) is -1.73. The van der Waals surface area contributed by atoms with E-state index in [1.165, 1.54) is 36.0 Å². The minimum atomic E-state index is -3.78. The summed E-state index contributed by atoms with van der Waals surface area (Å²) in [6.07, 6.45) is 1.53. The molecule has 0 saturated heterocycles. The molecular formula is C28H26F2N2O5S. The van der Waals surface area contributed by atoms with Gasteiger partial charge in [-0.2, -0.15) is 0 Å². The highest BCUT2D eigenvalue weighted by Gasteiger charge is 2.23. The van der Waals surface area contributed by atoms with Gasteiger partial charge < -0.3 is 14.0 Å². The fourth-order valence-corrected chi connectivity index (χ4v) is 5.06. The first-order valence-corrected chi connectivity index (χ1v) is 13.3. The highest BCUT2D eigenvalue weighted by Crippen LogP contribution is 2.41. The van der Waals surface area contributed by atoms with E-state index in [1.807, 2.05) is 0 Å². The van der Waals surface area contributed by atoms with Crippen molar-refractivity contribution in [3.8, 4) is 28.4 Å². The molecule has 38 heavy (non-hydrogen) atoms. The fraction of sp³-hybridized carbons (Fsp3) is 0.179. The molecule has 4 aromatic rings. The minimum absolute atomic E-state index is 0.146. The van der Waals surface area contributed by atoms with Crippen molar-refractivity contribution in [1.82, 2.24) is 4.57 Å². The maximum Gasteiger partial charge on any atom is 0.254 e. The summed E-state index contributed by atoms with van der Waals surface area (Å²) < 4.78 is 68.3. The summed E-state index contributed by atoms with van der Waals surface area (Å²) in [6.45, 7) is 2.01. The van der Waals surface area contributed by atoms with Crippen LogP contribution in [-0.4, -0.2) is 26.6 Å². The maximum atomic E-state index is 14.4. The number of ether oxygens (including phenoxy) is 2. The van der Waals surface area contributed by atoms with Crippen LogP contribution in [0, 0.1) is 11.6 Å². The van der Waals surface area contributed by atoms with Gasteiger partial charge in [0.15, 0.2) is 11.6 Å². The van der Waals surface area contributed by atoms with Gasteiger partial charge in [-0.25, -0.2) is 17.2 Å². The summed E-state index contributed by atoms with van der Waals surface area (Å²) in [5, 5.41) is 0. The van der Waals surface area contributed by atoms with Crippen LogP contribution in [0.3, 0.4) is 0 Å². The third kappa shape index (κ3) is 5.86. The van der Waals surface area contributed by atoms with Crippen molar-refractivity contribution in [1.29, 1.82) is 0 Å². The monoisotopic (exact) mass is 540 g/mol. The second-order valence-corrected chi connectivity index (χ2v) is 10.5. The molecular weight excluding hydrogens is 514 g/mol. The molecule has 198 valence electrons. The van der Waals surface area contributed by atoms with Crippen molar-refractivity contribution in [2.24, 2.45) is 7.05 Å². The molecule has 1 heterocycles. The Bertz CT molecular complexity index is 1620. The van der Waals surface area contributed by atoms with Gasteiger partial charge in [-0.15, -0.1) is 0 Å². The molecule has 0 N–H and O–H groups in total. The van der Waals surface area contributed by atoms with Crippen LogP contribution < -0.4 is 19.3 Å². The van der Waals surface area contributed by atoms with Gasteiger partial charge in [0.25, 0.3) is 5.56 Å². The lowest BCUT2D eigenvalue weighted by atomic mass is 10.0. The summed E-state index contributed by atoms with van der Waals surface area (Å²) in [7, 11) is -0.790. The van der Waals surface area contributed by atoms with Gasteiger partial charge in [0.2, 0.25) is 10.0 Å². The van der Waals surface area contributed by atoms with Crippen LogP contribution in [0.25, 0.3) is 11.1 Å². The molecule has 10 heteroatoms. The van der Waals surface area contributed by atoms with E-state index in [2.05, 4.69) is 0 Å². The lowest BCUT2D eigenvalue weighted by Gasteiger charge is -2.22. The van der Waals surface area contributed by atoms with Crippen molar-refractivity contribution >= 4 is 15.7 Å². The highest BCUT2D eigenvalue weighted by molar-refractivity contribution is 7.92. The van der Waals surface area contributed by atoms with Crippen molar-refractivity contribution < 1.29 is 26.7 Å². The van der Waals surface area contributed by atoms with Gasteiger partial charge in [0, 0.05) is 43.6 Å². The zero-order chi connectivity index (χ0) is 27.4. The number of aromatic nitrogens is 1. The van der Waals surface area contributed by atoms with Crippen molar-refractivity contribution in [3.63, 3.8) is 0 Å². The molecule has 7 nitrogen and oxygen atoms in total. The van der Waals surface area contributed by atoms with Crippen LogP contribution in [0.15, 0.2) is 83.8 Å². The topological polar surface area (TPSA) is 77.8 Å². The van der Waals surface area contributed by atoms with Gasteiger partial charge in [-0.05, 0) is 42.8 Å². The molecule has 1 aromatic heterocycles. The normalized spacial score (nSPS) is 11.3. The van der Waals surface area contributed by atoms with E-state index in [1.54, 1.807) is 50.4 Å². The Morgan fingerprint density at radius 2 is 1.61 bits per heavy atom. The van der Waals surface area contributed by atoms with E-state index in [4.69, 9.17) is 9.47 Å². The molecule has 0 unspecified atom stereocenters. The molecule has 0 fully saturated rings. The van der Waals surface area contributed by atoms with Crippen molar-refractivity contribution in [2.75, 3.05) is 18.0 Å². The fourth-order valence-electron chi connectivity index (χ4n) is 3.82. The number of hydrogen-bond acceptors (Lipinski definition) is 5. The summed E-state index contributed by atoms with van der Waals surface area (Å²) in [4.78, 5) is 12.3. The lowest BCUT2D eigenvalue weighted by molar-refractivity contribution is 0.340. The first kappa shape index (κ1) is 26.9. The average molecular weight is 541 g/mol. The van der Waals surface area contributed by atoms with Crippen molar-refractivity contribution in [2.45, 2.75) is 12.7 Å². The summed E-state index contributed by atoms with van der Waals surface area (Å²) in [6, 6.07) is 17.6. The molecule has 0 amide bonds. The minimum Gasteiger partial charge on any atom is -0.493 e. The average Bonchev–Trinajstić information content (AvgIpc) is 2.88. The van der Waals surface area contributed by atoms with Gasteiger partial charge >= 0.3 is 0 Å². The Labute approximate surface area is 219 Å². The van der Waals surface area contributed by atoms with Gasteiger partial charge in [-0.1, -0.05) is 30.3 Å². The van der Waals surface area contributed by atoms with Crippen LogP contribution in [0.2, 0.25) is 0 Å². The number of nitrogens with zero attached hydrogens (tertiary/aromatic N) is 2. The molecule has 4 rings (SSSR count). The predicted octanol–water partition coefficient (Wildman–Crippen LogP) is 5.49. The van der Waals surface area contributed by atoms with E-state index in [0.717, 1.165) is 16.4 Å². The Balaban J connectivity index is 1.84. The van der Waals surface area contributed by atoms with E-state index >= 15 is 0 Å². The molecule has 0 bridgehead atoms. The van der Waals surface area contributed by atoms with Crippen LogP contribution >= 0.6 is 0 Å². The van der Waals surface area contributed by atoms with Crippen LogP contribution in [-0.2, 0) is 22.8 Å². The largest absolute Gasteiger partial charge is 0.493 e. The quantitative estimate of drug-likeness (QED) is 0.281. The summed E-state index contributed by atoms with van der Waals surface area (Å²) in [5.41, 5.74) is 1.37. The molecule has 0 aliphatic rings. The molecule has 0 aliphatic carbocycles. The predicted molar refractivity (Wildman–Crippen MR) is 142 cm³/mol. The first-order valence-electron chi connectivity index (χ1n) is 11.7. The van der Waals surface area contributed by atoms with Crippen molar-refractivity contribution in [3.05, 3.63) is 107 Å². The number of anilines is 1. The lowest BCUT2D eigenvalue weighted by Crippen LogP contribution is -2.27. The number of pyridine rings is 1. The van der Waals surface area contributed by atoms with Gasteiger partial charge in [0.1, 0.15) is 17.3 Å². The summed E-state index contributed by atoms with van der Waals surface area (Å²) >= 11 is 0. The molecule has 0 spiro atoms. The number of hydrogen-bond donors (Lipinski definition) is 0. The number of aryl methyl sites for hydroxylation is 1. The number of sulfonamides is 1. The molecule has 0 saturated carbocycles. The molecule has 0 radical (unpaired) electrons. The van der Waals surface area contributed by atoms with Crippen LogP contribution in [0.4, 0.5) is 14.5 Å². The van der Waals surface area contributed by atoms with Crippen LogP contribution in [0.5, 0.6) is 17.2 Å².